The van der Waals surface area contributed by atoms with E-state index in [1.807, 2.05) is 0 Å². The fraction of sp³-hybridized carbons (Fsp3) is 0.400. The van der Waals surface area contributed by atoms with Crippen molar-refractivity contribution in [3.05, 3.63) is 47.5 Å². The molecule has 3 heteroatoms. The van der Waals surface area contributed by atoms with E-state index < -0.39 is 0 Å². The van der Waals surface area contributed by atoms with Gasteiger partial charge in [-0.1, -0.05) is 30.8 Å². The Kier molecular flexibility index (Phi) is 5.59. The van der Waals surface area contributed by atoms with E-state index in [0.29, 0.717) is 18.8 Å². The molecule has 18 heavy (non-hydrogen) atoms. The van der Waals surface area contributed by atoms with Crippen LogP contribution in [-0.4, -0.2) is 25.3 Å². The van der Waals surface area contributed by atoms with Crippen molar-refractivity contribution in [2.24, 2.45) is 0 Å². The second-order valence-corrected chi connectivity index (χ2v) is 4.42. The summed E-state index contributed by atoms with van der Waals surface area (Å²) in [5, 5.41) is 0. The van der Waals surface area contributed by atoms with E-state index in [9.17, 15) is 4.79 Å². The van der Waals surface area contributed by atoms with Crippen LogP contribution in [0.5, 0.6) is 0 Å². The largest absolute Gasteiger partial charge is 0.459 e. The van der Waals surface area contributed by atoms with E-state index in [4.69, 9.17) is 9.47 Å². The van der Waals surface area contributed by atoms with Crippen LogP contribution >= 0.6 is 0 Å². The molecular formula is C15H20O3. The second kappa shape index (κ2) is 6.97. The Balaban J connectivity index is 0.000000184. The lowest BCUT2D eigenvalue weighted by atomic mass is 10.1. The summed E-state index contributed by atoms with van der Waals surface area (Å²) in [5.41, 5.74) is 3.17. The number of carbonyl (C=O) groups is 1. The zero-order valence-electron chi connectivity index (χ0n) is 11.2. The number of ether oxygens (including phenoxy) is 2. The predicted molar refractivity (Wildman–Crippen MR) is 71.4 cm³/mol. The fourth-order valence-corrected chi connectivity index (χ4v) is 1.12. The number of benzene rings is 1. The molecule has 0 radical (unpaired) electrons. The maximum atomic E-state index is 10.7. The van der Waals surface area contributed by atoms with Crippen molar-refractivity contribution in [3.8, 4) is 0 Å². The first-order valence-electron chi connectivity index (χ1n) is 5.97. The van der Waals surface area contributed by atoms with Crippen LogP contribution in [0.4, 0.5) is 0 Å². The van der Waals surface area contributed by atoms with Crippen molar-refractivity contribution >= 4 is 5.97 Å². The van der Waals surface area contributed by atoms with Gasteiger partial charge in [-0.3, -0.25) is 0 Å². The summed E-state index contributed by atoms with van der Waals surface area (Å²) >= 11 is 0. The highest BCUT2D eigenvalue weighted by molar-refractivity contribution is 5.86. The molecule has 98 valence electrons. The van der Waals surface area contributed by atoms with Crippen molar-refractivity contribution in [1.82, 2.24) is 0 Å². The van der Waals surface area contributed by atoms with Crippen LogP contribution < -0.4 is 0 Å². The van der Waals surface area contributed by atoms with Gasteiger partial charge in [0.2, 0.25) is 0 Å². The van der Waals surface area contributed by atoms with Crippen molar-refractivity contribution in [2.45, 2.75) is 26.9 Å². The lowest BCUT2D eigenvalue weighted by Crippen LogP contribution is -2.09. The van der Waals surface area contributed by atoms with E-state index in [1.54, 1.807) is 6.92 Å². The van der Waals surface area contributed by atoms with Gasteiger partial charge in [0.1, 0.15) is 12.7 Å². The zero-order chi connectivity index (χ0) is 13.5. The SMILES string of the molecule is C=C(C)C(=O)OCC1CO1.Cc1ccccc1C. The first-order chi connectivity index (χ1) is 8.50. The molecule has 0 N–H and O–H groups in total. The number of aryl methyl sites for hydroxylation is 2. The molecule has 0 aromatic heterocycles. The first kappa shape index (κ1) is 14.5. The fourth-order valence-electron chi connectivity index (χ4n) is 1.12. The van der Waals surface area contributed by atoms with Crippen molar-refractivity contribution in [3.63, 3.8) is 0 Å². The Hall–Kier alpha value is -1.61. The van der Waals surface area contributed by atoms with Crippen LogP contribution in [0.2, 0.25) is 0 Å². The van der Waals surface area contributed by atoms with Gasteiger partial charge in [-0.15, -0.1) is 0 Å². The average Bonchev–Trinajstić information content (AvgIpc) is 3.14. The maximum absolute atomic E-state index is 10.7. The predicted octanol–water partition coefficient (Wildman–Crippen LogP) is 2.81. The van der Waals surface area contributed by atoms with Crippen LogP contribution in [0.15, 0.2) is 36.4 Å². The van der Waals surface area contributed by atoms with E-state index in [0.717, 1.165) is 0 Å². The molecule has 1 aromatic carbocycles. The second-order valence-electron chi connectivity index (χ2n) is 4.42. The summed E-state index contributed by atoms with van der Waals surface area (Å²) in [4.78, 5) is 10.7. The Morgan fingerprint density at radius 1 is 1.39 bits per heavy atom. The topological polar surface area (TPSA) is 38.8 Å². The molecule has 0 spiro atoms. The third-order valence-electron chi connectivity index (χ3n) is 2.58. The van der Waals surface area contributed by atoms with E-state index in [-0.39, 0.29) is 12.1 Å². The van der Waals surface area contributed by atoms with E-state index in [1.165, 1.54) is 11.1 Å². The number of epoxide rings is 1. The third-order valence-corrected chi connectivity index (χ3v) is 2.58. The molecule has 1 atom stereocenters. The van der Waals surface area contributed by atoms with Gasteiger partial charge in [0.25, 0.3) is 0 Å². The van der Waals surface area contributed by atoms with Crippen LogP contribution in [0.25, 0.3) is 0 Å². The highest BCUT2D eigenvalue weighted by Crippen LogP contribution is 2.09. The highest BCUT2D eigenvalue weighted by Gasteiger charge is 2.24. The number of hydrogen-bond acceptors (Lipinski definition) is 3. The molecule has 1 aromatic rings. The standard InChI is InChI=1S/C8H10.C7H10O3/c1-7-5-3-4-6-8(7)2;1-5(2)7(8)10-4-6-3-9-6/h3-6H,1-2H3;6H,1,3-4H2,2H3. The average molecular weight is 248 g/mol. The quantitative estimate of drug-likeness (QED) is 0.469. The van der Waals surface area contributed by atoms with Gasteiger partial charge in [-0.25, -0.2) is 4.79 Å². The highest BCUT2D eigenvalue weighted by atomic mass is 16.6. The summed E-state index contributed by atoms with van der Waals surface area (Å²) in [6.07, 6.45) is 0.142. The molecule has 1 unspecified atom stereocenters. The normalized spacial score (nSPS) is 16.3. The van der Waals surface area contributed by atoms with Crippen molar-refractivity contribution in [1.29, 1.82) is 0 Å². The molecule has 0 amide bonds. The summed E-state index contributed by atoms with van der Waals surface area (Å²) in [6.45, 7) is 10.4. The maximum Gasteiger partial charge on any atom is 0.333 e. The Morgan fingerprint density at radius 3 is 2.22 bits per heavy atom. The lowest BCUT2D eigenvalue weighted by Gasteiger charge is -1.99. The Bertz CT molecular complexity index is 399. The third kappa shape index (κ3) is 5.64. The van der Waals surface area contributed by atoms with Gasteiger partial charge in [-0.2, -0.15) is 0 Å². The van der Waals surface area contributed by atoms with Crippen LogP contribution in [0.1, 0.15) is 18.1 Å². The van der Waals surface area contributed by atoms with E-state index in [2.05, 4.69) is 44.7 Å². The minimum absolute atomic E-state index is 0.142. The molecule has 0 saturated carbocycles. The van der Waals surface area contributed by atoms with Crippen LogP contribution in [0, 0.1) is 13.8 Å². The minimum Gasteiger partial charge on any atom is -0.459 e. The molecule has 1 saturated heterocycles. The van der Waals surface area contributed by atoms with Gasteiger partial charge in [-0.05, 0) is 31.9 Å². The first-order valence-corrected chi connectivity index (χ1v) is 5.97. The summed E-state index contributed by atoms with van der Waals surface area (Å²) in [7, 11) is 0. The van der Waals surface area contributed by atoms with Crippen LogP contribution in [0.3, 0.4) is 0 Å². The molecular weight excluding hydrogens is 228 g/mol. The van der Waals surface area contributed by atoms with E-state index >= 15 is 0 Å². The number of hydrogen-bond donors (Lipinski definition) is 0. The number of carbonyl (C=O) groups excluding carboxylic acids is 1. The Morgan fingerprint density at radius 2 is 1.89 bits per heavy atom. The molecule has 1 heterocycles. The monoisotopic (exact) mass is 248 g/mol. The summed E-state index contributed by atoms with van der Waals surface area (Å²) in [5.74, 6) is -0.337. The van der Waals surface area contributed by atoms with Crippen LogP contribution in [-0.2, 0) is 14.3 Å². The molecule has 3 nitrogen and oxygen atoms in total. The summed E-state index contributed by atoms with van der Waals surface area (Å²) < 4.78 is 9.60. The molecule has 0 bridgehead atoms. The number of rotatable bonds is 3. The van der Waals surface area contributed by atoms with Crippen molar-refractivity contribution in [2.75, 3.05) is 13.2 Å². The molecule has 0 aliphatic carbocycles. The van der Waals surface area contributed by atoms with Gasteiger partial charge in [0, 0.05) is 5.57 Å². The summed E-state index contributed by atoms with van der Waals surface area (Å²) in [6, 6.07) is 8.36. The van der Waals surface area contributed by atoms with Gasteiger partial charge in [0.15, 0.2) is 0 Å². The lowest BCUT2D eigenvalue weighted by molar-refractivity contribution is -0.139. The Labute approximate surface area is 108 Å². The molecule has 1 fully saturated rings. The van der Waals surface area contributed by atoms with Crippen molar-refractivity contribution < 1.29 is 14.3 Å². The zero-order valence-corrected chi connectivity index (χ0v) is 11.2. The number of esters is 1. The molecule has 2 rings (SSSR count). The molecule has 1 aliphatic heterocycles. The van der Waals surface area contributed by atoms with Gasteiger partial charge < -0.3 is 9.47 Å². The smallest absolute Gasteiger partial charge is 0.333 e. The van der Waals surface area contributed by atoms with Gasteiger partial charge >= 0.3 is 5.97 Å². The minimum atomic E-state index is -0.337. The molecule has 1 aliphatic rings. The van der Waals surface area contributed by atoms with Gasteiger partial charge in [0.05, 0.1) is 6.61 Å².